The molecule has 0 bridgehead atoms. The fraction of sp³-hybridized carbons (Fsp3) is 0.727. The van der Waals surface area contributed by atoms with E-state index >= 15 is 0 Å². The molecular weight excluding hydrogens is 228 g/mol. The van der Waals surface area contributed by atoms with E-state index in [-0.39, 0.29) is 5.41 Å². The van der Waals surface area contributed by atoms with Crippen LogP contribution in [-0.2, 0) is 0 Å². The maximum absolute atomic E-state index is 5.81. The number of hydrogen-bond donors (Lipinski definition) is 1. The maximum atomic E-state index is 5.81. The monoisotopic (exact) mass is 244 g/mol. The van der Waals surface area contributed by atoms with Gasteiger partial charge in [0.25, 0.3) is 0 Å². The van der Waals surface area contributed by atoms with E-state index < -0.39 is 0 Å². The minimum absolute atomic E-state index is 0.277. The molecule has 2 nitrogen and oxygen atoms in total. The molecule has 0 amide bonds. The van der Waals surface area contributed by atoms with E-state index in [1.54, 1.807) is 11.3 Å². The molecule has 1 N–H and O–H groups in total. The van der Waals surface area contributed by atoms with Crippen molar-refractivity contribution in [2.45, 2.75) is 39.7 Å². The molecule has 1 aliphatic carbocycles. The largest absolute Gasteiger partial charge is 0.358 e. The van der Waals surface area contributed by atoms with Crippen LogP contribution >= 0.6 is 22.9 Å². The average molecular weight is 245 g/mol. The van der Waals surface area contributed by atoms with E-state index in [0.29, 0.717) is 11.2 Å². The standard InChI is InChI=1S/C11H17ClN2S/c1-11(2,3)9(7-4-5-7)14-10-13-8(12)6-15-10/h6-7,9H,4-5H2,1-3H3,(H,13,14). The van der Waals surface area contributed by atoms with Crippen LogP contribution in [0.5, 0.6) is 0 Å². The summed E-state index contributed by atoms with van der Waals surface area (Å²) in [7, 11) is 0. The molecule has 15 heavy (non-hydrogen) atoms. The smallest absolute Gasteiger partial charge is 0.184 e. The van der Waals surface area contributed by atoms with Crippen molar-refractivity contribution in [3.8, 4) is 0 Å². The zero-order chi connectivity index (χ0) is 11.1. The summed E-state index contributed by atoms with van der Waals surface area (Å²) in [5, 5.41) is 6.94. The lowest BCUT2D eigenvalue weighted by Crippen LogP contribution is -2.35. The summed E-state index contributed by atoms with van der Waals surface area (Å²) in [6, 6.07) is 0.514. The van der Waals surface area contributed by atoms with Gasteiger partial charge in [-0.3, -0.25) is 0 Å². The van der Waals surface area contributed by atoms with E-state index in [1.165, 1.54) is 12.8 Å². The fourth-order valence-corrected chi connectivity index (χ4v) is 2.80. The summed E-state index contributed by atoms with van der Waals surface area (Å²) in [5.41, 5.74) is 0.277. The summed E-state index contributed by atoms with van der Waals surface area (Å²) in [6.07, 6.45) is 2.68. The van der Waals surface area contributed by atoms with E-state index in [2.05, 4.69) is 31.1 Å². The van der Waals surface area contributed by atoms with E-state index in [9.17, 15) is 0 Å². The van der Waals surface area contributed by atoms with Gasteiger partial charge in [-0.15, -0.1) is 11.3 Å². The first-order chi connectivity index (χ1) is 6.97. The van der Waals surface area contributed by atoms with Gasteiger partial charge in [-0.05, 0) is 24.2 Å². The zero-order valence-electron chi connectivity index (χ0n) is 9.38. The third kappa shape index (κ3) is 2.85. The van der Waals surface area contributed by atoms with Gasteiger partial charge in [0.05, 0.1) is 0 Å². The molecule has 2 rings (SSSR count). The number of hydrogen-bond acceptors (Lipinski definition) is 3. The molecule has 4 heteroatoms. The lowest BCUT2D eigenvalue weighted by atomic mass is 9.84. The van der Waals surface area contributed by atoms with Crippen molar-refractivity contribution in [1.82, 2.24) is 4.98 Å². The van der Waals surface area contributed by atoms with Gasteiger partial charge in [0.2, 0.25) is 0 Å². The number of halogens is 1. The molecule has 0 radical (unpaired) electrons. The third-order valence-electron chi connectivity index (χ3n) is 2.78. The molecule has 0 saturated heterocycles. The van der Waals surface area contributed by atoms with Crippen molar-refractivity contribution in [2.75, 3.05) is 5.32 Å². The van der Waals surface area contributed by atoms with Crippen LogP contribution in [0.15, 0.2) is 5.38 Å². The minimum atomic E-state index is 0.277. The van der Waals surface area contributed by atoms with Crippen molar-refractivity contribution in [1.29, 1.82) is 0 Å². The Morgan fingerprint density at radius 1 is 1.53 bits per heavy atom. The fourth-order valence-electron chi connectivity index (χ4n) is 1.92. The van der Waals surface area contributed by atoms with Crippen molar-refractivity contribution in [3.63, 3.8) is 0 Å². The van der Waals surface area contributed by atoms with Crippen molar-refractivity contribution in [2.24, 2.45) is 11.3 Å². The Kier molecular flexibility index (Phi) is 2.95. The summed E-state index contributed by atoms with van der Waals surface area (Å²) in [6.45, 7) is 6.83. The second-order valence-electron chi connectivity index (χ2n) is 5.30. The first kappa shape index (κ1) is 11.2. The van der Waals surface area contributed by atoms with Crippen LogP contribution in [0.4, 0.5) is 5.13 Å². The molecule has 84 valence electrons. The molecule has 0 aliphatic heterocycles. The summed E-state index contributed by atoms with van der Waals surface area (Å²) in [5.74, 6) is 0.813. The number of nitrogens with one attached hydrogen (secondary N) is 1. The van der Waals surface area contributed by atoms with Crippen molar-refractivity contribution in [3.05, 3.63) is 10.5 Å². The molecule has 0 spiro atoms. The SMILES string of the molecule is CC(C)(C)C(Nc1nc(Cl)cs1)C1CC1. The Labute approximate surface area is 100 Å². The molecule has 1 unspecified atom stereocenters. The van der Waals surface area contributed by atoms with E-state index in [0.717, 1.165) is 11.0 Å². The van der Waals surface area contributed by atoms with Gasteiger partial charge < -0.3 is 5.32 Å². The predicted octanol–water partition coefficient (Wildman–Crippen LogP) is 4.03. The number of aromatic nitrogens is 1. The number of rotatable bonds is 3. The zero-order valence-corrected chi connectivity index (χ0v) is 11.0. The Hall–Kier alpha value is -0.280. The second-order valence-corrected chi connectivity index (χ2v) is 6.55. The van der Waals surface area contributed by atoms with Crippen LogP contribution < -0.4 is 5.32 Å². The molecule has 1 heterocycles. The van der Waals surface area contributed by atoms with Crippen LogP contribution in [0.3, 0.4) is 0 Å². The molecule has 1 fully saturated rings. The Bertz CT molecular complexity index is 339. The van der Waals surface area contributed by atoms with Gasteiger partial charge in [0.15, 0.2) is 5.13 Å². The van der Waals surface area contributed by atoms with Crippen LogP contribution in [0.25, 0.3) is 0 Å². The first-order valence-electron chi connectivity index (χ1n) is 5.34. The number of anilines is 1. The van der Waals surface area contributed by atoms with Gasteiger partial charge in [0.1, 0.15) is 5.15 Å². The molecular formula is C11H17ClN2S. The minimum Gasteiger partial charge on any atom is -0.358 e. The first-order valence-corrected chi connectivity index (χ1v) is 6.60. The highest BCUT2D eigenvalue weighted by molar-refractivity contribution is 7.14. The van der Waals surface area contributed by atoms with Crippen LogP contribution in [-0.4, -0.2) is 11.0 Å². The quantitative estimate of drug-likeness (QED) is 0.868. The van der Waals surface area contributed by atoms with Gasteiger partial charge in [-0.1, -0.05) is 32.4 Å². The lowest BCUT2D eigenvalue weighted by molar-refractivity contribution is 0.313. The van der Waals surface area contributed by atoms with Gasteiger partial charge in [0, 0.05) is 11.4 Å². The molecule has 0 aromatic carbocycles. The topological polar surface area (TPSA) is 24.9 Å². The van der Waals surface area contributed by atoms with E-state index in [4.69, 9.17) is 11.6 Å². The van der Waals surface area contributed by atoms with Crippen LogP contribution in [0, 0.1) is 11.3 Å². The van der Waals surface area contributed by atoms with E-state index in [1.807, 2.05) is 5.38 Å². The van der Waals surface area contributed by atoms with Crippen LogP contribution in [0.1, 0.15) is 33.6 Å². The number of thiazole rings is 1. The molecule has 1 aromatic rings. The molecule has 1 atom stereocenters. The second kappa shape index (κ2) is 3.95. The molecule has 1 aliphatic rings. The van der Waals surface area contributed by atoms with Crippen LogP contribution in [0.2, 0.25) is 5.15 Å². The Morgan fingerprint density at radius 2 is 2.20 bits per heavy atom. The van der Waals surface area contributed by atoms with Gasteiger partial charge in [-0.2, -0.15) is 0 Å². The Morgan fingerprint density at radius 3 is 2.60 bits per heavy atom. The van der Waals surface area contributed by atoms with Crippen molar-refractivity contribution >= 4 is 28.1 Å². The highest BCUT2D eigenvalue weighted by atomic mass is 35.5. The van der Waals surface area contributed by atoms with Gasteiger partial charge >= 0.3 is 0 Å². The summed E-state index contributed by atoms with van der Waals surface area (Å²) in [4.78, 5) is 4.25. The normalized spacial score (nSPS) is 18.9. The molecule has 1 saturated carbocycles. The summed E-state index contributed by atoms with van der Waals surface area (Å²) < 4.78 is 0. The highest BCUT2D eigenvalue weighted by Gasteiger charge is 2.38. The molecule has 1 aromatic heterocycles. The third-order valence-corrected chi connectivity index (χ3v) is 3.88. The van der Waals surface area contributed by atoms with Gasteiger partial charge in [-0.25, -0.2) is 4.98 Å². The lowest BCUT2D eigenvalue weighted by Gasteiger charge is -2.31. The average Bonchev–Trinajstić information content (AvgIpc) is 2.85. The predicted molar refractivity (Wildman–Crippen MR) is 66.7 cm³/mol. The maximum Gasteiger partial charge on any atom is 0.184 e. The summed E-state index contributed by atoms with van der Waals surface area (Å²) >= 11 is 7.40. The van der Waals surface area contributed by atoms with Crippen molar-refractivity contribution < 1.29 is 0 Å². The Balaban J connectivity index is 2.07. The highest BCUT2D eigenvalue weighted by Crippen LogP contribution is 2.42. The number of nitrogens with zero attached hydrogens (tertiary/aromatic N) is 1.